The first-order valence-corrected chi connectivity index (χ1v) is 7.04. The van der Waals surface area contributed by atoms with Crippen LogP contribution in [0.4, 0.5) is 4.79 Å². The summed E-state index contributed by atoms with van der Waals surface area (Å²) in [6.07, 6.45) is -0.451. The number of carbonyl (C=O) groups is 3. The van der Waals surface area contributed by atoms with Crippen molar-refractivity contribution in [3.8, 4) is 0 Å². The predicted molar refractivity (Wildman–Crippen MR) is 79.7 cm³/mol. The molecule has 0 radical (unpaired) electrons. The number of amides is 3. The van der Waals surface area contributed by atoms with Crippen molar-refractivity contribution in [3.05, 3.63) is 11.7 Å². The van der Waals surface area contributed by atoms with Crippen molar-refractivity contribution < 1.29 is 34.2 Å². The number of rotatable bonds is 9. The zero-order chi connectivity index (χ0) is 19.2. The summed E-state index contributed by atoms with van der Waals surface area (Å²) in [5.74, 6) is -2.56. The van der Waals surface area contributed by atoms with E-state index >= 15 is 0 Å². The molecule has 1 heterocycles. The van der Waals surface area contributed by atoms with E-state index < -0.39 is 55.2 Å². The van der Waals surface area contributed by atoms with Crippen molar-refractivity contribution in [3.63, 3.8) is 0 Å². The third-order valence-corrected chi connectivity index (χ3v) is 3.15. The predicted octanol–water partition coefficient (Wildman–Crippen LogP) is -3.10. The molecule has 0 saturated heterocycles. The van der Waals surface area contributed by atoms with Gasteiger partial charge in [-0.25, -0.2) is 9.59 Å². The Morgan fingerprint density at radius 2 is 1.96 bits per heavy atom. The molecule has 3 atom stereocenters. The first-order valence-electron chi connectivity index (χ1n) is 7.04. The fourth-order valence-corrected chi connectivity index (χ4v) is 1.84. The molecule has 0 aromatic carbocycles. The first kappa shape index (κ1) is 20.3. The second kappa shape index (κ2) is 8.36. The Balaban J connectivity index is 3.02. The largest absolute Gasteiger partial charge is 0.480 e. The zero-order valence-electron chi connectivity index (χ0n) is 13.3. The van der Waals surface area contributed by atoms with E-state index in [9.17, 15) is 14.4 Å². The first-order chi connectivity index (χ1) is 11.6. The summed E-state index contributed by atoms with van der Waals surface area (Å²) in [7, 11) is 0. The van der Waals surface area contributed by atoms with Crippen LogP contribution in [0, 0.1) is 0 Å². The van der Waals surface area contributed by atoms with Gasteiger partial charge in [-0.1, -0.05) is 5.16 Å². The maximum absolute atomic E-state index is 12.0. The normalized spacial score (nSPS) is 15.7. The highest BCUT2D eigenvalue weighted by atomic mass is 16.5. The third-order valence-electron chi connectivity index (χ3n) is 3.15. The number of carbonyl (C=O) groups excluding carboxylic acids is 2. The quantitative estimate of drug-likeness (QED) is 0.234. The summed E-state index contributed by atoms with van der Waals surface area (Å²) < 4.78 is 4.97. The Morgan fingerprint density at radius 1 is 1.32 bits per heavy atom. The Kier molecular flexibility index (Phi) is 6.78. The van der Waals surface area contributed by atoms with Crippen LogP contribution in [0.15, 0.2) is 4.52 Å². The molecule has 1 aromatic rings. The number of aliphatic carboxylic acids is 1. The lowest BCUT2D eigenvalue weighted by Crippen LogP contribution is -2.54. The molecular formula is C12H20N6O7. The number of carboxylic acid groups (broad SMARTS) is 1. The van der Waals surface area contributed by atoms with Crippen molar-refractivity contribution >= 4 is 17.9 Å². The fraction of sp³-hybridized carbons (Fsp3) is 0.583. The number of hydrogen-bond acceptors (Lipinski definition) is 9. The number of aromatic nitrogens is 2. The Morgan fingerprint density at radius 3 is 2.44 bits per heavy atom. The topological polar surface area (TPSA) is 227 Å². The molecule has 0 bridgehead atoms. The van der Waals surface area contributed by atoms with Gasteiger partial charge in [0.2, 0.25) is 5.91 Å². The van der Waals surface area contributed by atoms with Crippen LogP contribution < -0.4 is 22.1 Å². The van der Waals surface area contributed by atoms with Crippen LogP contribution in [-0.4, -0.2) is 62.6 Å². The van der Waals surface area contributed by atoms with Crippen LogP contribution in [0.5, 0.6) is 0 Å². The van der Waals surface area contributed by atoms with Gasteiger partial charge in [0, 0.05) is 0 Å². The molecule has 0 aliphatic rings. The van der Waals surface area contributed by atoms with Gasteiger partial charge in [0.05, 0.1) is 25.7 Å². The number of carboxylic acids is 1. The lowest BCUT2D eigenvalue weighted by atomic mass is 9.97. The number of nitrogens with zero attached hydrogens (tertiary/aromatic N) is 2. The average molecular weight is 360 g/mol. The van der Waals surface area contributed by atoms with Crippen LogP contribution in [0.2, 0.25) is 0 Å². The highest BCUT2D eigenvalue weighted by Crippen LogP contribution is 2.24. The number of aliphatic hydroxyl groups is 2. The zero-order valence-corrected chi connectivity index (χ0v) is 13.3. The Bertz CT molecular complexity index is 635. The van der Waals surface area contributed by atoms with Crippen molar-refractivity contribution in [1.82, 2.24) is 20.8 Å². The molecule has 13 nitrogen and oxygen atoms in total. The molecule has 9 N–H and O–H groups in total. The van der Waals surface area contributed by atoms with E-state index in [4.69, 9.17) is 31.3 Å². The maximum Gasteiger partial charge on any atom is 0.328 e. The molecule has 13 heteroatoms. The van der Waals surface area contributed by atoms with Gasteiger partial charge < -0.3 is 41.9 Å². The van der Waals surface area contributed by atoms with Gasteiger partial charge in [0.15, 0.2) is 11.9 Å². The van der Waals surface area contributed by atoms with E-state index in [1.165, 1.54) is 6.92 Å². The highest BCUT2D eigenvalue weighted by molar-refractivity contribution is 5.83. The molecule has 1 unspecified atom stereocenters. The molecule has 140 valence electrons. The molecule has 1 aromatic heterocycles. The van der Waals surface area contributed by atoms with Gasteiger partial charge in [-0.15, -0.1) is 0 Å². The van der Waals surface area contributed by atoms with Gasteiger partial charge in [0.25, 0.3) is 5.89 Å². The summed E-state index contributed by atoms with van der Waals surface area (Å²) in [6.45, 7) is 0.0371. The second-order valence-corrected chi connectivity index (χ2v) is 5.39. The average Bonchev–Trinajstić information content (AvgIpc) is 3.01. The molecule has 0 aliphatic carbocycles. The Labute approximate surface area is 141 Å². The minimum absolute atomic E-state index is 0.0609. The Hall–Kier alpha value is -2.77. The third kappa shape index (κ3) is 5.37. The van der Waals surface area contributed by atoms with Gasteiger partial charge in [0.1, 0.15) is 5.54 Å². The number of primary amides is 1. The summed E-state index contributed by atoms with van der Waals surface area (Å²) in [5, 5.41) is 34.6. The fourth-order valence-electron chi connectivity index (χ4n) is 1.84. The number of nitrogens with two attached hydrogens (primary N) is 2. The summed E-state index contributed by atoms with van der Waals surface area (Å²) in [4.78, 5) is 38.0. The summed E-state index contributed by atoms with van der Waals surface area (Å²) in [5.41, 5.74) is 9.14. The second-order valence-electron chi connectivity index (χ2n) is 5.39. The smallest absolute Gasteiger partial charge is 0.328 e. The minimum atomic E-state index is -1.57. The van der Waals surface area contributed by atoms with Crippen LogP contribution in [0.1, 0.15) is 31.1 Å². The molecule has 0 spiro atoms. The molecule has 0 saturated carbocycles. The van der Waals surface area contributed by atoms with Gasteiger partial charge >= 0.3 is 12.0 Å². The van der Waals surface area contributed by atoms with E-state index in [0.717, 1.165) is 0 Å². The van der Waals surface area contributed by atoms with E-state index in [-0.39, 0.29) is 11.7 Å². The summed E-state index contributed by atoms with van der Waals surface area (Å²) in [6, 6.07) is -3.51. The van der Waals surface area contributed by atoms with Crippen molar-refractivity contribution in [2.45, 2.75) is 31.0 Å². The minimum Gasteiger partial charge on any atom is -0.480 e. The molecule has 0 fully saturated rings. The SMILES string of the molecule is CC(CC(N)=O)(NC(=O)N[C@@H](CO)C(=O)O)c1nc([C@@H](N)CO)no1. The van der Waals surface area contributed by atoms with Crippen molar-refractivity contribution in [1.29, 1.82) is 0 Å². The van der Waals surface area contributed by atoms with Crippen LogP contribution in [-0.2, 0) is 15.1 Å². The van der Waals surface area contributed by atoms with Crippen molar-refractivity contribution in [2.75, 3.05) is 13.2 Å². The summed E-state index contributed by atoms with van der Waals surface area (Å²) >= 11 is 0. The number of aliphatic hydroxyl groups excluding tert-OH is 2. The maximum atomic E-state index is 12.0. The molecule has 0 aliphatic heterocycles. The van der Waals surface area contributed by atoms with Gasteiger partial charge in [-0.2, -0.15) is 4.98 Å². The number of nitrogens with one attached hydrogen (secondary N) is 2. The molecule has 3 amide bonds. The van der Waals surface area contributed by atoms with E-state index in [1.54, 1.807) is 0 Å². The van der Waals surface area contributed by atoms with Crippen LogP contribution in [0.25, 0.3) is 0 Å². The van der Waals surface area contributed by atoms with Crippen LogP contribution in [0.3, 0.4) is 0 Å². The highest BCUT2D eigenvalue weighted by Gasteiger charge is 2.38. The lowest BCUT2D eigenvalue weighted by Gasteiger charge is -2.26. The van der Waals surface area contributed by atoms with E-state index in [0.29, 0.717) is 0 Å². The van der Waals surface area contributed by atoms with Gasteiger partial charge in [-0.3, -0.25) is 4.79 Å². The molecule has 1 rings (SSSR count). The van der Waals surface area contributed by atoms with Gasteiger partial charge in [-0.05, 0) is 6.92 Å². The molecule has 25 heavy (non-hydrogen) atoms. The standard InChI is InChI=1S/C12H20N6O7/c1-12(2-7(14)21,10-16-8(18-25-10)5(13)3-19)17-11(24)15-6(4-20)9(22)23/h5-6,19-20H,2-4,13H2,1H3,(H2,14,21)(H,22,23)(H2,15,17,24)/t5-,6-,12?/m0/s1. The monoisotopic (exact) mass is 360 g/mol. The van der Waals surface area contributed by atoms with Crippen LogP contribution >= 0.6 is 0 Å². The lowest BCUT2D eigenvalue weighted by molar-refractivity contribution is -0.140. The number of hydrogen-bond donors (Lipinski definition) is 7. The van der Waals surface area contributed by atoms with E-state index in [1.807, 2.05) is 5.32 Å². The number of urea groups is 1. The molecular weight excluding hydrogens is 340 g/mol. The van der Waals surface area contributed by atoms with E-state index in [2.05, 4.69) is 15.5 Å². The van der Waals surface area contributed by atoms with Crippen molar-refractivity contribution in [2.24, 2.45) is 11.5 Å².